The number of rotatable bonds is 4. The summed E-state index contributed by atoms with van der Waals surface area (Å²) in [5.41, 5.74) is 3.28. The van der Waals surface area contributed by atoms with Crippen LogP contribution in [0.2, 0.25) is 0 Å². The Morgan fingerprint density at radius 3 is 3.00 bits per heavy atom. The summed E-state index contributed by atoms with van der Waals surface area (Å²) in [6, 6.07) is 9.89. The van der Waals surface area contributed by atoms with Crippen molar-refractivity contribution in [3.8, 4) is 0 Å². The van der Waals surface area contributed by atoms with Gasteiger partial charge < -0.3 is 14.7 Å². The molecule has 2 heterocycles. The molecule has 0 radical (unpaired) electrons. The predicted molar refractivity (Wildman–Crippen MR) is 77.8 cm³/mol. The minimum atomic E-state index is -0.169. The first kappa shape index (κ1) is 12.5. The Kier molecular flexibility index (Phi) is 3.29. The molecule has 0 aliphatic heterocycles. The van der Waals surface area contributed by atoms with Gasteiger partial charge in [0.2, 0.25) is 0 Å². The van der Waals surface area contributed by atoms with Crippen molar-refractivity contribution in [2.75, 3.05) is 6.54 Å². The Morgan fingerprint density at radius 1 is 1.35 bits per heavy atom. The van der Waals surface area contributed by atoms with E-state index in [1.807, 2.05) is 31.3 Å². The van der Waals surface area contributed by atoms with E-state index in [1.165, 1.54) is 10.9 Å². The molecule has 0 spiro atoms. The van der Waals surface area contributed by atoms with Crippen molar-refractivity contribution >= 4 is 16.8 Å². The number of furan rings is 1. The number of carbonyl (C=O) groups excluding carboxylic acids is 1. The maximum Gasteiger partial charge on any atom is 0.286 e. The van der Waals surface area contributed by atoms with Crippen molar-refractivity contribution in [1.82, 2.24) is 10.3 Å². The van der Waals surface area contributed by atoms with Gasteiger partial charge in [0.25, 0.3) is 5.91 Å². The fraction of sp³-hybridized carbons (Fsp3) is 0.188. The van der Waals surface area contributed by atoms with Crippen LogP contribution in [0.25, 0.3) is 10.9 Å². The molecule has 4 heteroatoms. The number of benzene rings is 1. The molecule has 1 amide bonds. The van der Waals surface area contributed by atoms with Crippen molar-refractivity contribution in [3.63, 3.8) is 0 Å². The number of hydrogen-bond acceptors (Lipinski definition) is 2. The molecular formula is C16H16N2O2. The molecule has 0 aliphatic carbocycles. The van der Waals surface area contributed by atoms with Crippen LogP contribution >= 0.6 is 0 Å². The molecule has 0 aliphatic rings. The van der Waals surface area contributed by atoms with Gasteiger partial charge in [-0.1, -0.05) is 18.2 Å². The van der Waals surface area contributed by atoms with Crippen LogP contribution in [-0.2, 0) is 6.42 Å². The average Bonchev–Trinajstić information content (AvgIpc) is 3.06. The fourth-order valence-electron chi connectivity index (χ4n) is 2.29. The third-order valence-corrected chi connectivity index (χ3v) is 3.31. The molecule has 3 rings (SSSR count). The lowest BCUT2D eigenvalue weighted by atomic mass is 10.1. The molecule has 2 N–H and O–H groups in total. The number of para-hydroxylation sites is 1. The summed E-state index contributed by atoms with van der Waals surface area (Å²) in [6.07, 6.45) is 4.36. The molecule has 1 aromatic carbocycles. The van der Waals surface area contributed by atoms with Crippen LogP contribution in [0.3, 0.4) is 0 Å². The zero-order valence-electron chi connectivity index (χ0n) is 11.3. The molecule has 0 fully saturated rings. The largest absolute Gasteiger partial charge is 0.459 e. The maximum atomic E-state index is 11.8. The summed E-state index contributed by atoms with van der Waals surface area (Å²) < 4.78 is 5.17. The molecule has 3 aromatic rings. The van der Waals surface area contributed by atoms with Gasteiger partial charge in [-0.2, -0.15) is 0 Å². The highest BCUT2D eigenvalue weighted by Gasteiger charge is 2.09. The van der Waals surface area contributed by atoms with Gasteiger partial charge in [0.05, 0.1) is 6.26 Å². The molecule has 102 valence electrons. The summed E-state index contributed by atoms with van der Waals surface area (Å²) in [6.45, 7) is 2.48. The molecule has 4 nitrogen and oxygen atoms in total. The Hall–Kier alpha value is -2.49. The molecule has 20 heavy (non-hydrogen) atoms. The highest BCUT2D eigenvalue weighted by molar-refractivity contribution is 5.91. The van der Waals surface area contributed by atoms with Crippen LogP contribution in [0.5, 0.6) is 0 Å². The number of nitrogens with one attached hydrogen (secondary N) is 2. The van der Waals surface area contributed by atoms with Gasteiger partial charge in [0.1, 0.15) is 0 Å². The minimum absolute atomic E-state index is 0.169. The van der Waals surface area contributed by atoms with Crippen LogP contribution < -0.4 is 5.32 Å². The van der Waals surface area contributed by atoms with E-state index in [0.29, 0.717) is 12.3 Å². The number of H-pyrrole nitrogens is 1. The molecule has 2 aromatic heterocycles. The van der Waals surface area contributed by atoms with Crippen LogP contribution in [-0.4, -0.2) is 17.4 Å². The van der Waals surface area contributed by atoms with Gasteiger partial charge in [-0.25, -0.2) is 0 Å². The van der Waals surface area contributed by atoms with Crippen molar-refractivity contribution < 1.29 is 9.21 Å². The number of carbonyl (C=O) groups is 1. The number of aromatic amines is 1. The topological polar surface area (TPSA) is 58.0 Å². The summed E-state index contributed by atoms with van der Waals surface area (Å²) in [4.78, 5) is 15.1. The van der Waals surface area contributed by atoms with Crippen LogP contribution in [0.15, 0.2) is 47.2 Å². The van der Waals surface area contributed by atoms with Crippen LogP contribution in [0.4, 0.5) is 0 Å². The maximum absolute atomic E-state index is 11.8. The molecule has 0 atom stereocenters. The average molecular weight is 268 g/mol. The summed E-state index contributed by atoms with van der Waals surface area (Å²) >= 11 is 0. The Bertz CT molecular complexity index is 740. The van der Waals surface area contributed by atoms with Gasteiger partial charge in [-0.15, -0.1) is 0 Å². The van der Waals surface area contributed by atoms with E-state index in [-0.39, 0.29) is 5.91 Å². The van der Waals surface area contributed by atoms with E-state index in [2.05, 4.69) is 16.4 Å². The quantitative estimate of drug-likeness (QED) is 0.764. The van der Waals surface area contributed by atoms with Crippen molar-refractivity contribution in [2.24, 2.45) is 0 Å². The first-order valence-electron chi connectivity index (χ1n) is 6.62. The summed E-state index contributed by atoms with van der Waals surface area (Å²) in [5, 5.41) is 4.07. The third kappa shape index (κ3) is 2.45. The second kappa shape index (κ2) is 5.25. The molecular weight excluding hydrogens is 252 g/mol. The third-order valence-electron chi connectivity index (χ3n) is 3.31. The number of aromatic nitrogens is 1. The van der Waals surface area contributed by atoms with Gasteiger partial charge in [-0.05, 0) is 36.6 Å². The lowest BCUT2D eigenvalue weighted by Gasteiger charge is -2.02. The minimum Gasteiger partial charge on any atom is -0.459 e. The second-order valence-corrected chi connectivity index (χ2v) is 4.85. The predicted octanol–water partition coefficient (Wildman–Crippen LogP) is 3.04. The fourth-order valence-corrected chi connectivity index (χ4v) is 2.29. The molecule has 0 bridgehead atoms. The van der Waals surface area contributed by atoms with Crippen molar-refractivity contribution in [1.29, 1.82) is 0 Å². The summed E-state index contributed by atoms with van der Waals surface area (Å²) in [7, 11) is 0. The van der Waals surface area contributed by atoms with Gasteiger partial charge in [-0.3, -0.25) is 4.79 Å². The van der Waals surface area contributed by atoms with Crippen molar-refractivity contribution in [3.05, 3.63) is 59.7 Å². The summed E-state index contributed by atoms with van der Waals surface area (Å²) in [5.74, 6) is 0.194. The second-order valence-electron chi connectivity index (χ2n) is 4.85. The van der Waals surface area contributed by atoms with Gasteiger partial charge in [0, 0.05) is 23.6 Å². The first-order valence-corrected chi connectivity index (χ1v) is 6.62. The number of fused-ring (bicyclic) bond motifs is 1. The molecule has 0 saturated heterocycles. The van der Waals surface area contributed by atoms with E-state index in [4.69, 9.17) is 4.42 Å². The molecule has 0 saturated carbocycles. The van der Waals surface area contributed by atoms with Crippen molar-refractivity contribution in [2.45, 2.75) is 13.3 Å². The Balaban J connectivity index is 1.61. The number of hydrogen-bond donors (Lipinski definition) is 2. The van der Waals surface area contributed by atoms with Gasteiger partial charge in [0.15, 0.2) is 5.76 Å². The van der Waals surface area contributed by atoms with Gasteiger partial charge >= 0.3 is 0 Å². The van der Waals surface area contributed by atoms with Crippen LogP contribution in [0.1, 0.15) is 21.7 Å². The highest BCUT2D eigenvalue weighted by Crippen LogP contribution is 2.17. The number of aryl methyl sites for hydroxylation is 1. The lowest BCUT2D eigenvalue weighted by Crippen LogP contribution is -2.25. The number of amides is 1. The van der Waals surface area contributed by atoms with E-state index < -0.39 is 0 Å². The standard InChI is InChI=1S/C16H16N2O2/c1-11-8-15(20-10-11)16(19)17-7-6-12-9-18-14-5-3-2-4-13(12)14/h2-5,8-10,18H,6-7H2,1H3,(H,17,19). The monoisotopic (exact) mass is 268 g/mol. The smallest absolute Gasteiger partial charge is 0.286 e. The SMILES string of the molecule is Cc1coc(C(=O)NCCc2c[nH]c3ccccc23)c1. The lowest BCUT2D eigenvalue weighted by molar-refractivity contribution is 0.0926. The normalized spacial score (nSPS) is 10.8. The zero-order chi connectivity index (χ0) is 13.9. The molecule has 0 unspecified atom stereocenters. The van der Waals surface area contributed by atoms with Crippen LogP contribution in [0, 0.1) is 6.92 Å². The Morgan fingerprint density at radius 2 is 2.20 bits per heavy atom. The van der Waals surface area contributed by atoms with E-state index in [0.717, 1.165) is 17.5 Å². The van der Waals surface area contributed by atoms with E-state index >= 15 is 0 Å². The van der Waals surface area contributed by atoms with E-state index in [9.17, 15) is 4.79 Å². The van der Waals surface area contributed by atoms with E-state index in [1.54, 1.807) is 12.3 Å². The first-order chi connectivity index (χ1) is 9.74. The highest BCUT2D eigenvalue weighted by atomic mass is 16.3. The Labute approximate surface area is 116 Å². The zero-order valence-corrected chi connectivity index (χ0v) is 11.3.